The Morgan fingerprint density at radius 1 is 1.33 bits per heavy atom. The van der Waals surface area contributed by atoms with Gasteiger partial charge in [-0.3, -0.25) is 4.98 Å². The summed E-state index contributed by atoms with van der Waals surface area (Å²) in [5, 5.41) is 22.7. The fourth-order valence-electron chi connectivity index (χ4n) is 2.73. The van der Waals surface area contributed by atoms with E-state index in [0.29, 0.717) is 17.3 Å². The van der Waals surface area contributed by atoms with Crippen LogP contribution in [0.1, 0.15) is 35.3 Å². The van der Waals surface area contributed by atoms with E-state index in [-0.39, 0.29) is 6.04 Å². The third-order valence-electron chi connectivity index (χ3n) is 4.05. The lowest BCUT2D eigenvalue weighted by molar-refractivity contribution is 0.855. The highest BCUT2D eigenvalue weighted by atomic mass is 35.5. The van der Waals surface area contributed by atoms with Crippen LogP contribution in [0.2, 0.25) is 0 Å². The maximum atomic E-state index is 9.20. The van der Waals surface area contributed by atoms with Gasteiger partial charge in [0.1, 0.15) is 0 Å². The first-order chi connectivity index (χ1) is 11.6. The molecule has 1 aromatic carbocycles. The maximum absolute atomic E-state index is 9.20. The van der Waals surface area contributed by atoms with Crippen molar-refractivity contribution in [3.63, 3.8) is 0 Å². The molecule has 0 aliphatic carbocycles. The van der Waals surface area contributed by atoms with Crippen molar-refractivity contribution in [2.24, 2.45) is 0 Å². The summed E-state index contributed by atoms with van der Waals surface area (Å²) in [6.45, 7) is 3.99. The molecule has 2 aromatic heterocycles. The Morgan fingerprint density at radius 3 is 2.92 bits per heavy atom. The minimum atomic E-state index is -0.0224. The fourth-order valence-corrected chi connectivity index (χ4v) is 2.87. The molecule has 2 heterocycles. The predicted octanol–water partition coefficient (Wildman–Crippen LogP) is 4.12. The van der Waals surface area contributed by atoms with Gasteiger partial charge in [0.05, 0.1) is 35.4 Å². The van der Waals surface area contributed by atoms with Crippen LogP contribution in [0.25, 0.3) is 10.8 Å². The van der Waals surface area contributed by atoms with Crippen molar-refractivity contribution in [2.45, 2.75) is 25.8 Å². The van der Waals surface area contributed by atoms with E-state index >= 15 is 0 Å². The summed E-state index contributed by atoms with van der Waals surface area (Å²) in [6.07, 6.45) is 3.43. The van der Waals surface area contributed by atoms with Crippen LogP contribution in [0.15, 0.2) is 36.7 Å². The Morgan fingerprint density at radius 2 is 2.17 bits per heavy atom. The van der Waals surface area contributed by atoms with Gasteiger partial charge in [0, 0.05) is 17.0 Å². The quantitative estimate of drug-likeness (QED) is 0.725. The molecule has 120 valence electrons. The SMILES string of the molecule is Cc1c(C#N)cccc1[C@@H](C)Nc1nncc2cnc(CCl)cc12. The van der Waals surface area contributed by atoms with Crippen LogP contribution in [-0.2, 0) is 5.88 Å². The number of hydrogen-bond acceptors (Lipinski definition) is 5. The van der Waals surface area contributed by atoms with Gasteiger partial charge >= 0.3 is 0 Å². The van der Waals surface area contributed by atoms with Gasteiger partial charge in [0.2, 0.25) is 0 Å². The third kappa shape index (κ3) is 3.01. The van der Waals surface area contributed by atoms with Crippen LogP contribution in [0, 0.1) is 18.3 Å². The van der Waals surface area contributed by atoms with Gasteiger partial charge in [-0.2, -0.15) is 10.4 Å². The molecule has 0 radical (unpaired) electrons. The van der Waals surface area contributed by atoms with Crippen molar-refractivity contribution in [1.82, 2.24) is 15.2 Å². The minimum Gasteiger partial charge on any atom is -0.362 e. The molecule has 1 N–H and O–H groups in total. The van der Waals surface area contributed by atoms with Crippen molar-refractivity contribution in [3.05, 3.63) is 59.0 Å². The number of nitrogens with zero attached hydrogens (tertiary/aromatic N) is 4. The van der Waals surface area contributed by atoms with Crippen LogP contribution < -0.4 is 5.32 Å². The monoisotopic (exact) mass is 337 g/mol. The summed E-state index contributed by atoms with van der Waals surface area (Å²) in [5.41, 5.74) is 3.49. The zero-order chi connectivity index (χ0) is 17.1. The number of halogens is 1. The van der Waals surface area contributed by atoms with Crippen LogP contribution in [-0.4, -0.2) is 15.2 Å². The average Bonchev–Trinajstić information content (AvgIpc) is 2.61. The van der Waals surface area contributed by atoms with Crippen molar-refractivity contribution < 1.29 is 0 Å². The average molecular weight is 338 g/mol. The summed E-state index contributed by atoms with van der Waals surface area (Å²) in [6, 6.07) is 9.84. The number of pyridine rings is 1. The van der Waals surface area contributed by atoms with Crippen molar-refractivity contribution in [2.75, 3.05) is 5.32 Å². The molecule has 0 aliphatic heterocycles. The van der Waals surface area contributed by atoms with E-state index in [9.17, 15) is 5.26 Å². The topological polar surface area (TPSA) is 74.5 Å². The van der Waals surface area contributed by atoms with Gasteiger partial charge in [-0.25, -0.2) is 0 Å². The summed E-state index contributed by atoms with van der Waals surface area (Å²) in [4.78, 5) is 4.28. The Balaban J connectivity index is 1.99. The number of fused-ring (bicyclic) bond motifs is 1. The molecule has 6 heteroatoms. The molecule has 0 unspecified atom stereocenters. The van der Waals surface area contributed by atoms with Gasteiger partial charge < -0.3 is 5.32 Å². The van der Waals surface area contributed by atoms with Gasteiger partial charge in [0.25, 0.3) is 0 Å². The Labute approximate surface area is 145 Å². The zero-order valence-electron chi connectivity index (χ0n) is 13.4. The Bertz CT molecular complexity index is 932. The molecule has 5 nitrogen and oxygen atoms in total. The van der Waals surface area contributed by atoms with E-state index < -0.39 is 0 Å². The van der Waals surface area contributed by atoms with E-state index in [4.69, 9.17) is 11.6 Å². The van der Waals surface area contributed by atoms with Crippen LogP contribution in [0.4, 0.5) is 5.82 Å². The second-order valence-electron chi connectivity index (χ2n) is 5.59. The molecule has 1 atom stereocenters. The lowest BCUT2D eigenvalue weighted by Crippen LogP contribution is -2.11. The summed E-state index contributed by atoms with van der Waals surface area (Å²) >= 11 is 5.89. The predicted molar refractivity (Wildman–Crippen MR) is 94.8 cm³/mol. The summed E-state index contributed by atoms with van der Waals surface area (Å²) < 4.78 is 0. The molecule has 3 aromatic rings. The second kappa shape index (κ2) is 6.81. The number of anilines is 1. The molecule has 3 rings (SSSR count). The number of rotatable bonds is 4. The number of hydrogen-bond donors (Lipinski definition) is 1. The van der Waals surface area contributed by atoms with Crippen molar-refractivity contribution >= 4 is 28.2 Å². The molecular weight excluding hydrogens is 322 g/mol. The molecule has 0 saturated heterocycles. The molecule has 0 amide bonds. The van der Waals surface area contributed by atoms with Crippen LogP contribution >= 0.6 is 11.6 Å². The number of nitrogens with one attached hydrogen (secondary N) is 1. The van der Waals surface area contributed by atoms with Crippen LogP contribution in [0.3, 0.4) is 0 Å². The van der Waals surface area contributed by atoms with Crippen molar-refractivity contribution in [1.29, 1.82) is 5.26 Å². The molecule has 0 spiro atoms. The third-order valence-corrected chi connectivity index (χ3v) is 4.33. The number of benzene rings is 1. The first kappa shape index (κ1) is 16.2. The highest BCUT2D eigenvalue weighted by Gasteiger charge is 2.13. The Hall–Kier alpha value is -2.71. The van der Waals surface area contributed by atoms with E-state index in [2.05, 4.69) is 26.6 Å². The van der Waals surface area contributed by atoms with Gasteiger partial charge in [-0.15, -0.1) is 16.7 Å². The van der Waals surface area contributed by atoms with Gasteiger partial charge in [-0.1, -0.05) is 12.1 Å². The lowest BCUT2D eigenvalue weighted by Gasteiger charge is -2.18. The lowest BCUT2D eigenvalue weighted by atomic mass is 9.98. The first-order valence-electron chi connectivity index (χ1n) is 7.56. The highest BCUT2D eigenvalue weighted by Crippen LogP contribution is 2.27. The van der Waals surface area contributed by atoms with Crippen molar-refractivity contribution in [3.8, 4) is 6.07 Å². The largest absolute Gasteiger partial charge is 0.362 e. The molecule has 0 fully saturated rings. The standard InChI is InChI=1S/C18H16ClN5/c1-11-13(8-20)4-3-5-16(11)12(2)23-18-17-6-15(7-19)21-9-14(17)10-22-24-18/h3-6,9-10,12H,7H2,1-2H3,(H,23,24)/t12-/m1/s1. The van der Waals surface area contributed by atoms with E-state index in [1.54, 1.807) is 12.4 Å². The maximum Gasteiger partial charge on any atom is 0.157 e. The smallest absolute Gasteiger partial charge is 0.157 e. The molecule has 24 heavy (non-hydrogen) atoms. The molecule has 0 bridgehead atoms. The second-order valence-corrected chi connectivity index (χ2v) is 5.85. The van der Waals surface area contributed by atoms with E-state index in [1.807, 2.05) is 38.1 Å². The highest BCUT2D eigenvalue weighted by molar-refractivity contribution is 6.17. The number of nitriles is 1. The molecule has 0 aliphatic rings. The fraction of sp³-hybridized carbons (Fsp3) is 0.222. The first-order valence-corrected chi connectivity index (χ1v) is 8.10. The van der Waals surface area contributed by atoms with Crippen LogP contribution in [0.5, 0.6) is 0 Å². The van der Waals surface area contributed by atoms with Gasteiger partial charge in [0.15, 0.2) is 5.82 Å². The minimum absolute atomic E-state index is 0.0224. The molecule has 0 saturated carbocycles. The van der Waals surface area contributed by atoms with Gasteiger partial charge in [-0.05, 0) is 37.1 Å². The summed E-state index contributed by atoms with van der Waals surface area (Å²) in [5.74, 6) is 1.02. The normalized spacial score (nSPS) is 11.9. The number of alkyl halides is 1. The zero-order valence-corrected chi connectivity index (χ0v) is 14.2. The summed E-state index contributed by atoms with van der Waals surface area (Å²) in [7, 11) is 0. The molecular formula is C18H16ClN5. The Kier molecular flexibility index (Phi) is 4.59. The number of aromatic nitrogens is 3. The van der Waals surface area contributed by atoms with E-state index in [0.717, 1.165) is 27.6 Å². The van der Waals surface area contributed by atoms with E-state index in [1.165, 1.54) is 0 Å².